The van der Waals surface area contributed by atoms with Crippen LogP contribution in [0.1, 0.15) is 68.1 Å². The van der Waals surface area contributed by atoms with Gasteiger partial charge in [-0.25, -0.2) is 4.68 Å². The van der Waals surface area contributed by atoms with E-state index in [4.69, 9.17) is 0 Å². The van der Waals surface area contributed by atoms with Crippen molar-refractivity contribution in [1.29, 1.82) is 0 Å². The molecule has 1 heterocycles. The molecule has 0 spiro atoms. The Hall–Kier alpha value is -1.38. The molecule has 0 aliphatic rings. The number of aromatic nitrogens is 2. The summed E-state index contributed by atoms with van der Waals surface area (Å²) in [4.78, 5) is 11.9. The molecule has 0 bridgehead atoms. The average Bonchev–Trinajstić information content (AvgIpc) is 2.71. The molecular formula is C16H26N2O. The highest BCUT2D eigenvalue weighted by atomic mass is 16.2. The summed E-state index contributed by atoms with van der Waals surface area (Å²) < 4.78 is 1.47. The summed E-state index contributed by atoms with van der Waals surface area (Å²) in [5, 5.41) is 4.17. The average molecular weight is 262 g/mol. The van der Waals surface area contributed by atoms with Crippen molar-refractivity contribution in [3.05, 3.63) is 29.6 Å². The van der Waals surface area contributed by atoms with Crippen molar-refractivity contribution >= 4 is 5.91 Å². The van der Waals surface area contributed by atoms with Gasteiger partial charge in [0.15, 0.2) is 0 Å². The molecule has 0 unspecified atom stereocenters. The monoisotopic (exact) mass is 262 g/mol. The molecule has 0 saturated heterocycles. The molecule has 1 aromatic heterocycles. The fourth-order valence-corrected chi connectivity index (χ4v) is 2.15. The first kappa shape index (κ1) is 15.7. The number of allylic oxidation sites excluding steroid dienone is 2. The first-order valence-corrected chi connectivity index (χ1v) is 7.39. The molecule has 19 heavy (non-hydrogen) atoms. The minimum absolute atomic E-state index is 0.0448. The predicted octanol–water partition coefficient (Wildman–Crippen LogP) is 4.45. The molecule has 0 N–H and O–H groups in total. The van der Waals surface area contributed by atoms with Crippen LogP contribution in [0.2, 0.25) is 0 Å². The number of carbonyl (C=O) groups excluding carboxylic acids is 1. The summed E-state index contributed by atoms with van der Waals surface area (Å²) in [6.07, 6.45) is 12.3. The lowest BCUT2D eigenvalue weighted by Gasteiger charge is -1.99. The lowest BCUT2D eigenvalue weighted by atomic mass is 10.1. The molecule has 0 radical (unpaired) electrons. The van der Waals surface area contributed by atoms with E-state index < -0.39 is 0 Å². The smallest absolute Gasteiger partial charge is 0.267 e. The number of hydrogen-bond acceptors (Lipinski definition) is 2. The van der Waals surface area contributed by atoms with E-state index in [0.717, 1.165) is 17.8 Å². The maximum Gasteiger partial charge on any atom is 0.270 e. The maximum atomic E-state index is 11.9. The van der Waals surface area contributed by atoms with Crippen LogP contribution in [0.4, 0.5) is 0 Å². The second kappa shape index (κ2) is 8.68. The Morgan fingerprint density at radius 3 is 2.53 bits per heavy atom. The fourth-order valence-electron chi connectivity index (χ4n) is 2.15. The van der Waals surface area contributed by atoms with Crippen molar-refractivity contribution in [3.63, 3.8) is 0 Å². The van der Waals surface area contributed by atoms with Gasteiger partial charge in [0.25, 0.3) is 5.91 Å². The van der Waals surface area contributed by atoms with Crippen LogP contribution in [0.15, 0.2) is 18.2 Å². The summed E-state index contributed by atoms with van der Waals surface area (Å²) in [7, 11) is 0. The first-order chi connectivity index (χ1) is 9.15. The van der Waals surface area contributed by atoms with Crippen molar-refractivity contribution in [2.24, 2.45) is 0 Å². The number of unbranched alkanes of at least 4 members (excludes halogenated alkanes) is 6. The topological polar surface area (TPSA) is 34.9 Å². The van der Waals surface area contributed by atoms with Crippen molar-refractivity contribution in [2.45, 2.75) is 65.7 Å². The highest BCUT2D eigenvalue weighted by molar-refractivity contribution is 5.89. The zero-order chi connectivity index (χ0) is 14.1. The van der Waals surface area contributed by atoms with Gasteiger partial charge in [0.05, 0.1) is 5.69 Å². The van der Waals surface area contributed by atoms with Crippen LogP contribution in [-0.2, 0) is 0 Å². The Morgan fingerprint density at radius 2 is 1.89 bits per heavy atom. The highest BCUT2D eigenvalue weighted by Gasteiger charge is 2.05. The molecule has 0 saturated carbocycles. The van der Waals surface area contributed by atoms with Gasteiger partial charge in [-0.05, 0) is 32.8 Å². The fraction of sp³-hybridized carbons (Fsp3) is 0.625. The molecule has 0 atom stereocenters. The van der Waals surface area contributed by atoms with Crippen molar-refractivity contribution in [2.75, 3.05) is 0 Å². The van der Waals surface area contributed by atoms with E-state index in [9.17, 15) is 4.79 Å². The molecule has 0 fully saturated rings. The van der Waals surface area contributed by atoms with Crippen LogP contribution >= 0.6 is 0 Å². The Labute approximate surface area is 116 Å². The van der Waals surface area contributed by atoms with E-state index in [0.29, 0.717) is 0 Å². The third kappa shape index (κ3) is 5.86. The lowest BCUT2D eigenvalue weighted by molar-refractivity contribution is 0.0951. The van der Waals surface area contributed by atoms with Gasteiger partial charge in [-0.3, -0.25) is 4.79 Å². The van der Waals surface area contributed by atoms with Crippen molar-refractivity contribution in [1.82, 2.24) is 9.78 Å². The largest absolute Gasteiger partial charge is 0.270 e. The summed E-state index contributed by atoms with van der Waals surface area (Å²) >= 11 is 0. The molecule has 1 aromatic rings. The van der Waals surface area contributed by atoms with Gasteiger partial charge in [0.1, 0.15) is 0 Å². The first-order valence-electron chi connectivity index (χ1n) is 7.39. The van der Waals surface area contributed by atoms with Crippen LogP contribution in [0.5, 0.6) is 0 Å². The normalized spacial score (nSPS) is 11.3. The molecule has 1 rings (SSSR count). The molecular weight excluding hydrogens is 236 g/mol. The van der Waals surface area contributed by atoms with E-state index >= 15 is 0 Å². The summed E-state index contributed by atoms with van der Waals surface area (Å²) in [6, 6.07) is 1.92. The maximum absolute atomic E-state index is 11.9. The van der Waals surface area contributed by atoms with E-state index in [1.54, 1.807) is 6.08 Å². The second-order valence-electron chi connectivity index (χ2n) is 5.14. The van der Waals surface area contributed by atoms with Crippen LogP contribution < -0.4 is 0 Å². The molecule has 0 aromatic carbocycles. The Balaban J connectivity index is 2.22. The Bertz CT molecular complexity index is 418. The van der Waals surface area contributed by atoms with Crippen LogP contribution in [-0.4, -0.2) is 15.7 Å². The van der Waals surface area contributed by atoms with Crippen LogP contribution in [0.3, 0.4) is 0 Å². The number of rotatable bonds is 8. The third-order valence-electron chi connectivity index (χ3n) is 3.20. The standard InChI is InChI=1S/C16H26N2O/c1-4-5-6-7-8-9-10-11-12-16(19)18-15(3)13-14(2)17-18/h11-13H,4-10H2,1-3H3/b12-11+. The van der Waals surface area contributed by atoms with Crippen LogP contribution in [0, 0.1) is 13.8 Å². The zero-order valence-corrected chi connectivity index (χ0v) is 12.5. The number of nitrogens with zero attached hydrogens (tertiary/aromatic N) is 2. The van der Waals surface area contributed by atoms with Gasteiger partial charge in [-0.1, -0.05) is 45.1 Å². The van der Waals surface area contributed by atoms with Gasteiger partial charge in [-0.15, -0.1) is 0 Å². The van der Waals surface area contributed by atoms with E-state index in [1.807, 2.05) is 26.0 Å². The molecule has 0 aliphatic heterocycles. The number of hydrogen-bond donors (Lipinski definition) is 0. The second-order valence-corrected chi connectivity index (χ2v) is 5.14. The Morgan fingerprint density at radius 1 is 1.21 bits per heavy atom. The molecule has 3 heteroatoms. The van der Waals surface area contributed by atoms with Crippen molar-refractivity contribution < 1.29 is 4.79 Å². The lowest BCUT2D eigenvalue weighted by Crippen LogP contribution is -2.10. The van der Waals surface area contributed by atoms with Gasteiger partial charge in [0, 0.05) is 11.8 Å². The van der Waals surface area contributed by atoms with E-state index in [1.165, 1.54) is 43.2 Å². The number of carbonyl (C=O) groups is 1. The van der Waals surface area contributed by atoms with Gasteiger partial charge < -0.3 is 0 Å². The minimum atomic E-state index is -0.0448. The highest BCUT2D eigenvalue weighted by Crippen LogP contribution is 2.07. The predicted molar refractivity (Wildman–Crippen MR) is 79.5 cm³/mol. The van der Waals surface area contributed by atoms with Crippen LogP contribution in [0.25, 0.3) is 0 Å². The van der Waals surface area contributed by atoms with Gasteiger partial charge >= 0.3 is 0 Å². The zero-order valence-electron chi connectivity index (χ0n) is 12.5. The van der Waals surface area contributed by atoms with Crippen molar-refractivity contribution in [3.8, 4) is 0 Å². The third-order valence-corrected chi connectivity index (χ3v) is 3.20. The molecule has 106 valence electrons. The molecule has 0 amide bonds. The van der Waals surface area contributed by atoms with E-state index in [2.05, 4.69) is 12.0 Å². The molecule has 0 aliphatic carbocycles. The minimum Gasteiger partial charge on any atom is -0.267 e. The summed E-state index contributed by atoms with van der Waals surface area (Å²) in [5.41, 5.74) is 1.78. The number of aryl methyl sites for hydroxylation is 2. The summed E-state index contributed by atoms with van der Waals surface area (Å²) in [6.45, 7) is 6.03. The SMILES string of the molecule is CCCCCCCC/C=C/C(=O)n1nc(C)cc1C. The molecule has 3 nitrogen and oxygen atoms in total. The van der Waals surface area contributed by atoms with E-state index in [-0.39, 0.29) is 5.91 Å². The summed E-state index contributed by atoms with van der Waals surface area (Å²) in [5.74, 6) is -0.0448. The van der Waals surface area contributed by atoms with Gasteiger partial charge in [0.2, 0.25) is 0 Å². The quantitative estimate of drug-likeness (QED) is 0.512. The van der Waals surface area contributed by atoms with Gasteiger partial charge in [-0.2, -0.15) is 5.10 Å². The Kier molecular flexibility index (Phi) is 7.16.